The highest BCUT2D eigenvalue weighted by molar-refractivity contribution is 8.00. The zero-order valence-corrected chi connectivity index (χ0v) is 13.2. The fourth-order valence-corrected chi connectivity index (χ4v) is 3.57. The van der Waals surface area contributed by atoms with Gasteiger partial charge in [-0.05, 0) is 25.5 Å². The van der Waals surface area contributed by atoms with Crippen molar-refractivity contribution in [2.75, 3.05) is 30.3 Å². The van der Waals surface area contributed by atoms with E-state index in [-0.39, 0.29) is 5.82 Å². The first-order chi connectivity index (χ1) is 9.76. The number of aromatic nitrogens is 1. The summed E-state index contributed by atoms with van der Waals surface area (Å²) in [6.07, 6.45) is 3.91. The SMILES string of the molecule is CCCNCc1ccnc(N2CCSC(CC)C2)c1F. The van der Waals surface area contributed by atoms with E-state index < -0.39 is 0 Å². The van der Waals surface area contributed by atoms with Crippen LogP contribution in [-0.2, 0) is 6.54 Å². The smallest absolute Gasteiger partial charge is 0.170 e. The Labute approximate surface area is 125 Å². The highest BCUT2D eigenvalue weighted by Gasteiger charge is 2.23. The molecular weight excluding hydrogens is 273 g/mol. The number of rotatable bonds is 6. The van der Waals surface area contributed by atoms with Crippen LogP contribution in [0.3, 0.4) is 0 Å². The molecule has 1 aliphatic rings. The van der Waals surface area contributed by atoms with Crippen LogP contribution in [0.25, 0.3) is 0 Å². The fourth-order valence-electron chi connectivity index (χ4n) is 2.39. The highest BCUT2D eigenvalue weighted by atomic mass is 32.2. The first kappa shape index (κ1) is 15.6. The largest absolute Gasteiger partial charge is 0.352 e. The van der Waals surface area contributed by atoms with Gasteiger partial charge in [-0.3, -0.25) is 0 Å². The quantitative estimate of drug-likeness (QED) is 0.817. The van der Waals surface area contributed by atoms with Crippen molar-refractivity contribution in [1.82, 2.24) is 10.3 Å². The predicted octanol–water partition coefficient (Wildman–Crippen LogP) is 3.05. The van der Waals surface area contributed by atoms with Gasteiger partial charge in [-0.25, -0.2) is 9.37 Å². The second kappa shape index (κ2) is 7.84. The lowest BCUT2D eigenvalue weighted by atomic mass is 10.2. The maximum Gasteiger partial charge on any atom is 0.170 e. The number of nitrogens with zero attached hydrogens (tertiary/aromatic N) is 2. The van der Waals surface area contributed by atoms with Crippen molar-refractivity contribution in [3.8, 4) is 0 Å². The Morgan fingerprint density at radius 2 is 2.35 bits per heavy atom. The number of hydrogen-bond acceptors (Lipinski definition) is 4. The van der Waals surface area contributed by atoms with E-state index in [4.69, 9.17) is 0 Å². The van der Waals surface area contributed by atoms with Gasteiger partial charge in [-0.1, -0.05) is 13.8 Å². The third-order valence-electron chi connectivity index (χ3n) is 3.59. The van der Waals surface area contributed by atoms with E-state index in [1.807, 2.05) is 11.8 Å². The Hall–Kier alpha value is -0.810. The van der Waals surface area contributed by atoms with E-state index in [1.165, 1.54) is 0 Å². The lowest BCUT2D eigenvalue weighted by Crippen LogP contribution is -2.38. The van der Waals surface area contributed by atoms with Crippen LogP contribution < -0.4 is 10.2 Å². The summed E-state index contributed by atoms with van der Waals surface area (Å²) in [5.41, 5.74) is 0.717. The number of hydrogen-bond donors (Lipinski definition) is 1. The Morgan fingerprint density at radius 1 is 1.50 bits per heavy atom. The molecule has 1 aromatic rings. The van der Waals surface area contributed by atoms with Crippen LogP contribution >= 0.6 is 11.8 Å². The highest BCUT2D eigenvalue weighted by Crippen LogP contribution is 2.27. The van der Waals surface area contributed by atoms with Crippen LogP contribution in [0, 0.1) is 5.82 Å². The minimum Gasteiger partial charge on any atom is -0.352 e. The van der Waals surface area contributed by atoms with E-state index in [9.17, 15) is 4.39 Å². The second-order valence-electron chi connectivity index (χ2n) is 5.13. The van der Waals surface area contributed by atoms with Crippen molar-refractivity contribution in [3.05, 3.63) is 23.6 Å². The molecule has 0 aromatic carbocycles. The Bertz CT molecular complexity index is 428. The van der Waals surface area contributed by atoms with Gasteiger partial charge in [0.25, 0.3) is 0 Å². The monoisotopic (exact) mass is 297 g/mol. The molecular formula is C15H24FN3S. The minimum absolute atomic E-state index is 0.155. The minimum atomic E-state index is -0.155. The van der Waals surface area contributed by atoms with Gasteiger partial charge in [-0.15, -0.1) is 0 Å². The van der Waals surface area contributed by atoms with Gasteiger partial charge in [0.1, 0.15) is 0 Å². The fraction of sp³-hybridized carbons (Fsp3) is 0.667. The molecule has 5 heteroatoms. The summed E-state index contributed by atoms with van der Waals surface area (Å²) in [7, 11) is 0. The molecule has 1 saturated heterocycles. The van der Waals surface area contributed by atoms with Crippen LogP contribution in [-0.4, -0.2) is 35.6 Å². The van der Waals surface area contributed by atoms with Crippen molar-refractivity contribution in [3.63, 3.8) is 0 Å². The van der Waals surface area contributed by atoms with Crippen LogP contribution in [0.4, 0.5) is 10.2 Å². The number of halogens is 1. The molecule has 0 spiro atoms. The van der Waals surface area contributed by atoms with Crippen LogP contribution in [0.5, 0.6) is 0 Å². The Kier molecular flexibility index (Phi) is 6.10. The molecule has 0 amide bonds. The lowest BCUT2D eigenvalue weighted by molar-refractivity contribution is 0.571. The van der Waals surface area contributed by atoms with Gasteiger partial charge >= 0.3 is 0 Å². The molecule has 2 heterocycles. The van der Waals surface area contributed by atoms with E-state index in [0.29, 0.717) is 17.6 Å². The Morgan fingerprint density at radius 3 is 3.10 bits per heavy atom. The normalized spacial score (nSPS) is 19.4. The van der Waals surface area contributed by atoms with Gasteiger partial charge in [-0.2, -0.15) is 11.8 Å². The van der Waals surface area contributed by atoms with E-state index in [0.717, 1.165) is 43.8 Å². The number of anilines is 1. The van der Waals surface area contributed by atoms with E-state index >= 15 is 0 Å². The molecule has 1 aromatic heterocycles. The van der Waals surface area contributed by atoms with Crippen LogP contribution in [0.15, 0.2) is 12.3 Å². The topological polar surface area (TPSA) is 28.2 Å². The average molecular weight is 297 g/mol. The second-order valence-corrected chi connectivity index (χ2v) is 6.54. The molecule has 2 rings (SSSR count). The third-order valence-corrected chi connectivity index (χ3v) is 4.96. The van der Waals surface area contributed by atoms with Gasteiger partial charge in [0, 0.05) is 42.4 Å². The molecule has 1 aliphatic heterocycles. The van der Waals surface area contributed by atoms with Crippen molar-refractivity contribution in [1.29, 1.82) is 0 Å². The van der Waals surface area contributed by atoms with Crippen LogP contribution in [0.1, 0.15) is 32.3 Å². The van der Waals surface area contributed by atoms with Gasteiger partial charge in [0.15, 0.2) is 11.6 Å². The van der Waals surface area contributed by atoms with E-state index in [1.54, 1.807) is 12.3 Å². The van der Waals surface area contributed by atoms with Crippen molar-refractivity contribution in [2.45, 2.75) is 38.5 Å². The maximum atomic E-state index is 14.6. The predicted molar refractivity (Wildman–Crippen MR) is 84.9 cm³/mol. The van der Waals surface area contributed by atoms with Crippen molar-refractivity contribution < 1.29 is 4.39 Å². The summed E-state index contributed by atoms with van der Waals surface area (Å²) in [5, 5.41) is 3.84. The van der Waals surface area contributed by atoms with Gasteiger partial charge in [0.05, 0.1) is 0 Å². The molecule has 3 nitrogen and oxygen atoms in total. The van der Waals surface area contributed by atoms with Gasteiger partial charge in [0.2, 0.25) is 0 Å². The first-order valence-electron chi connectivity index (χ1n) is 7.46. The molecule has 0 bridgehead atoms. The van der Waals surface area contributed by atoms with Crippen LogP contribution in [0.2, 0.25) is 0 Å². The summed E-state index contributed by atoms with van der Waals surface area (Å²) in [4.78, 5) is 6.37. The average Bonchev–Trinajstić information content (AvgIpc) is 2.49. The standard InChI is InChI=1S/C15H24FN3S/c1-3-6-17-10-12-5-7-18-15(14(12)16)19-8-9-20-13(4-2)11-19/h5,7,13,17H,3-4,6,8-11H2,1-2H3. The van der Waals surface area contributed by atoms with Crippen molar-refractivity contribution >= 4 is 17.6 Å². The summed E-state index contributed by atoms with van der Waals surface area (Å²) < 4.78 is 14.6. The number of thioether (sulfide) groups is 1. The molecule has 1 atom stereocenters. The Balaban J connectivity index is 2.09. The van der Waals surface area contributed by atoms with Gasteiger partial charge < -0.3 is 10.2 Å². The molecule has 1 unspecified atom stereocenters. The lowest BCUT2D eigenvalue weighted by Gasteiger charge is -2.33. The molecule has 112 valence electrons. The first-order valence-corrected chi connectivity index (χ1v) is 8.51. The summed E-state index contributed by atoms with van der Waals surface area (Å²) in [6.45, 7) is 7.58. The summed E-state index contributed by atoms with van der Waals surface area (Å²) in [6, 6.07) is 1.78. The number of pyridine rings is 1. The third kappa shape index (κ3) is 3.85. The zero-order chi connectivity index (χ0) is 14.4. The molecule has 0 radical (unpaired) electrons. The number of nitrogens with one attached hydrogen (secondary N) is 1. The summed E-state index contributed by atoms with van der Waals surface area (Å²) in [5.74, 6) is 1.43. The zero-order valence-electron chi connectivity index (χ0n) is 12.4. The molecule has 0 saturated carbocycles. The molecule has 1 fully saturated rings. The molecule has 20 heavy (non-hydrogen) atoms. The maximum absolute atomic E-state index is 14.6. The summed E-state index contributed by atoms with van der Waals surface area (Å²) >= 11 is 1.98. The molecule has 1 N–H and O–H groups in total. The molecule has 0 aliphatic carbocycles. The van der Waals surface area contributed by atoms with Crippen molar-refractivity contribution in [2.24, 2.45) is 0 Å². The van der Waals surface area contributed by atoms with E-state index in [2.05, 4.69) is 29.0 Å².